The van der Waals surface area contributed by atoms with E-state index in [1.165, 1.54) is 6.92 Å². The number of halogens is 3. The summed E-state index contributed by atoms with van der Waals surface area (Å²) in [5, 5.41) is 0. The van der Waals surface area contributed by atoms with Crippen molar-refractivity contribution in [1.82, 2.24) is 0 Å². The summed E-state index contributed by atoms with van der Waals surface area (Å²) in [5.74, 6) is -0.463. The van der Waals surface area contributed by atoms with Gasteiger partial charge in [-0.3, -0.25) is 4.79 Å². The number of hydrogen-bond acceptors (Lipinski definition) is 2. The van der Waals surface area contributed by atoms with E-state index in [-0.39, 0.29) is 5.75 Å². The summed E-state index contributed by atoms with van der Waals surface area (Å²) in [4.78, 5) is 10.5. The molecule has 0 saturated carbocycles. The average molecular weight is 203 g/mol. The first-order valence-electron chi connectivity index (χ1n) is 3.75. The minimum absolute atomic E-state index is 0.102. The van der Waals surface area contributed by atoms with Gasteiger partial charge >= 0.3 is 12.1 Å². The molecule has 76 valence electrons. The van der Waals surface area contributed by atoms with Crippen molar-refractivity contribution in [3.63, 3.8) is 0 Å². The van der Waals surface area contributed by atoms with Crippen molar-refractivity contribution in [3.8, 4) is 5.75 Å². The maximum absolute atomic E-state index is 12.1. The number of rotatable bonds is 1. The Hall–Kier alpha value is -1.52. The van der Waals surface area contributed by atoms with E-state index in [0.717, 1.165) is 24.3 Å². The Morgan fingerprint density at radius 2 is 1.71 bits per heavy atom. The Morgan fingerprint density at radius 3 is 2.07 bits per heavy atom. The monoisotopic (exact) mass is 203 g/mol. The van der Waals surface area contributed by atoms with Gasteiger partial charge in [-0.05, 0) is 24.3 Å². The van der Waals surface area contributed by atoms with Gasteiger partial charge in [0.25, 0.3) is 0 Å². The minimum atomic E-state index is -4.37. The number of alkyl halides is 3. The van der Waals surface area contributed by atoms with Gasteiger partial charge in [0.15, 0.2) is 0 Å². The molecule has 0 fully saturated rings. The second-order valence-corrected chi connectivity index (χ2v) is 2.62. The molecule has 1 rings (SSSR count). The third-order valence-corrected chi connectivity index (χ3v) is 1.44. The van der Waals surface area contributed by atoms with Gasteiger partial charge in [0, 0.05) is 6.92 Å². The summed E-state index contributed by atoms with van der Waals surface area (Å²) in [7, 11) is 0. The summed E-state index contributed by atoms with van der Waals surface area (Å²) in [6.45, 7) is 1.18. The van der Waals surface area contributed by atoms with Crippen molar-refractivity contribution in [2.45, 2.75) is 13.1 Å². The van der Waals surface area contributed by atoms with Crippen LogP contribution in [-0.4, -0.2) is 5.97 Å². The lowest BCUT2D eigenvalue weighted by atomic mass is 10.2. The Bertz CT molecular complexity index is 327. The van der Waals surface area contributed by atoms with Gasteiger partial charge in [-0.15, -0.1) is 0 Å². The second kappa shape index (κ2) is 3.69. The summed E-state index contributed by atoms with van der Waals surface area (Å²) in [6, 6.07) is 3.92. The highest BCUT2D eigenvalue weighted by molar-refractivity contribution is 5.69. The molecule has 1 aromatic carbocycles. The first-order valence-corrected chi connectivity index (χ1v) is 3.75. The highest BCUT2D eigenvalue weighted by Gasteiger charge is 2.30. The predicted octanol–water partition coefficient (Wildman–Crippen LogP) is 2.63. The highest BCUT2D eigenvalue weighted by Crippen LogP contribution is 2.30. The fourth-order valence-corrected chi connectivity index (χ4v) is 0.878. The number of benzene rings is 1. The van der Waals surface area contributed by atoms with Gasteiger partial charge in [-0.1, -0.05) is 0 Å². The molecule has 0 spiro atoms. The average Bonchev–Trinajstić information content (AvgIpc) is 2.02. The SMILES string of the molecule is CC(=O)Oc1ccc(C(F)(F)[18F])cc1. The van der Waals surface area contributed by atoms with Crippen LogP contribution in [0.4, 0.5) is 13.2 Å². The molecule has 2 nitrogen and oxygen atoms in total. The number of esters is 1. The van der Waals surface area contributed by atoms with Crippen molar-refractivity contribution in [1.29, 1.82) is 0 Å². The van der Waals surface area contributed by atoms with Gasteiger partial charge in [0.2, 0.25) is 0 Å². The smallest absolute Gasteiger partial charge is 0.416 e. The number of carbonyl (C=O) groups is 1. The maximum atomic E-state index is 12.1. The first-order chi connectivity index (χ1) is 6.39. The van der Waals surface area contributed by atoms with Crippen LogP contribution in [-0.2, 0) is 11.0 Å². The van der Waals surface area contributed by atoms with E-state index in [1.807, 2.05) is 0 Å². The summed E-state index contributed by atoms with van der Waals surface area (Å²) in [5.41, 5.74) is -0.770. The Balaban J connectivity index is 2.84. The van der Waals surface area contributed by atoms with E-state index in [1.54, 1.807) is 0 Å². The van der Waals surface area contributed by atoms with Crippen molar-refractivity contribution in [2.24, 2.45) is 0 Å². The normalized spacial score (nSPS) is 11.1. The molecule has 0 unspecified atom stereocenters. The standard InChI is InChI=1S/C9H7F3O2/c1-6(13)14-8-4-2-7(3-5-8)9(10,11)12/h2-5H,1H3/i10-1. The third kappa shape index (κ3) is 2.76. The third-order valence-electron chi connectivity index (χ3n) is 1.44. The quantitative estimate of drug-likeness (QED) is 0.518. The van der Waals surface area contributed by atoms with Gasteiger partial charge in [-0.2, -0.15) is 13.2 Å². The molecular formula is C9H7F3O2. The minimum Gasteiger partial charge on any atom is -0.427 e. The zero-order valence-corrected chi connectivity index (χ0v) is 7.26. The largest absolute Gasteiger partial charge is 0.427 e. The summed E-state index contributed by atoms with van der Waals surface area (Å²) in [6.07, 6.45) is -4.37. The van der Waals surface area contributed by atoms with Crippen LogP contribution in [0.25, 0.3) is 0 Å². The molecule has 0 heterocycles. The molecule has 0 saturated heterocycles. The lowest BCUT2D eigenvalue weighted by molar-refractivity contribution is -0.137. The number of hydrogen-bond donors (Lipinski definition) is 0. The van der Waals surface area contributed by atoms with E-state index in [4.69, 9.17) is 0 Å². The van der Waals surface area contributed by atoms with Crippen molar-refractivity contribution < 1.29 is 22.7 Å². The van der Waals surface area contributed by atoms with Gasteiger partial charge < -0.3 is 4.74 Å². The Morgan fingerprint density at radius 1 is 1.21 bits per heavy atom. The Labute approximate surface area is 78.3 Å². The number of carbonyl (C=O) groups excluding carboxylic acids is 1. The van der Waals surface area contributed by atoms with Gasteiger partial charge in [0.05, 0.1) is 5.56 Å². The van der Waals surface area contributed by atoms with E-state index in [9.17, 15) is 18.0 Å². The molecule has 0 aliphatic rings. The summed E-state index contributed by atoms with van der Waals surface area (Å²) >= 11 is 0. The van der Waals surface area contributed by atoms with E-state index < -0.39 is 17.7 Å². The van der Waals surface area contributed by atoms with Crippen molar-refractivity contribution in [3.05, 3.63) is 29.8 Å². The van der Waals surface area contributed by atoms with Crippen LogP contribution >= 0.6 is 0 Å². The molecular weight excluding hydrogens is 196 g/mol. The van der Waals surface area contributed by atoms with Crippen LogP contribution in [0.5, 0.6) is 5.75 Å². The van der Waals surface area contributed by atoms with Crippen molar-refractivity contribution in [2.75, 3.05) is 0 Å². The van der Waals surface area contributed by atoms with Gasteiger partial charge in [0.1, 0.15) is 5.75 Å². The fourth-order valence-electron chi connectivity index (χ4n) is 0.878. The van der Waals surface area contributed by atoms with Gasteiger partial charge in [-0.25, -0.2) is 0 Å². The van der Waals surface area contributed by atoms with E-state index in [2.05, 4.69) is 4.74 Å². The summed E-state index contributed by atoms with van der Waals surface area (Å²) < 4.78 is 40.8. The molecule has 0 amide bonds. The molecule has 0 radical (unpaired) electrons. The predicted molar refractivity (Wildman–Crippen MR) is 42.8 cm³/mol. The zero-order valence-electron chi connectivity index (χ0n) is 7.26. The van der Waals surface area contributed by atoms with Crippen LogP contribution in [0, 0.1) is 0 Å². The molecule has 1 aromatic rings. The molecule has 0 atom stereocenters. The van der Waals surface area contributed by atoms with Crippen LogP contribution in [0.3, 0.4) is 0 Å². The number of ether oxygens (including phenoxy) is 1. The Kier molecular flexibility index (Phi) is 2.78. The van der Waals surface area contributed by atoms with E-state index >= 15 is 0 Å². The van der Waals surface area contributed by atoms with Crippen LogP contribution < -0.4 is 4.74 Å². The molecule has 14 heavy (non-hydrogen) atoms. The molecule has 0 aliphatic heterocycles. The highest BCUT2D eigenvalue weighted by atomic mass is 19.3. The first kappa shape index (κ1) is 10.6. The second-order valence-electron chi connectivity index (χ2n) is 2.62. The lowest BCUT2D eigenvalue weighted by Crippen LogP contribution is -2.05. The molecule has 5 heteroatoms. The zero-order chi connectivity index (χ0) is 10.8. The molecule has 0 N–H and O–H groups in total. The van der Waals surface area contributed by atoms with Crippen LogP contribution in [0.1, 0.15) is 12.5 Å². The molecule has 0 bridgehead atoms. The fraction of sp³-hybridized carbons (Fsp3) is 0.222. The molecule has 0 aromatic heterocycles. The topological polar surface area (TPSA) is 26.3 Å². The lowest BCUT2D eigenvalue weighted by Gasteiger charge is -2.06. The maximum Gasteiger partial charge on any atom is 0.416 e. The van der Waals surface area contributed by atoms with Crippen molar-refractivity contribution >= 4 is 5.97 Å². The van der Waals surface area contributed by atoms with Crippen LogP contribution in [0.15, 0.2) is 24.3 Å². The molecule has 0 aliphatic carbocycles. The van der Waals surface area contributed by atoms with E-state index in [0.29, 0.717) is 0 Å². The van der Waals surface area contributed by atoms with Crippen LogP contribution in [0.2, 0.25) is 0 Å².